The first-order valence-electron chi connectivity index (χ1n) is 9.33. The minimum atomic E-state index is -0.679. The molecule has 27 heavy (non-hydrogen) atoms. The third kappa shape index (κ3) is 2.59. The van der Waals surface area contributed by atoms with Crippen molar-refractivity contribution in [1.29, 1.82) is 0 Å². The summed E-state index contributed by atoms with van der Waals surface area (Å²) in [6.07, 6.45) is 3.84. The maximum Gasteiger partial charge on any atom is 0.272 e. The SMILES string of the molecule is CCC[C@@H]1N(C(=O)c2cc(OC)ccn2)CC[C@@]12C(=O)Nc1ccccc12. The van der Waals surface area contributed by atoms with Gasteiger partial charge in [-0.3, -0.25) is 14.6 Å². The number of nitrogens with one attached hydrogen (secondary N) is 1. The molecule has 6 nitrogen and oxygen atoms in total. The van der Waals surface area contributed by atoms with E-state index in [2.05, 4.69) is 17.2 Å². The van der Waals surface area contributed by atoms with Crippen LogP contribution in [-0.4, -0.2) is 41.4 Å². The van der Waals surface area contributed by atoms with Gasteiger partial charge < -0.3 is 15.0 Å². The summed E-state index contributed by atoms with van der Waals surface area (Å²) in [5.41, 5.74) is 1.53. The van der Waals surface area contributed by atoms with E-state index in [1.54, 1.807) is 25.4 Å². The molecule has 6 heteroatoms. The van der Waals surface area contributed by atoms with Crippen LogP contribution in [-0.2, 0) is 10.2 Å². The van der Waals surface area contributed by atoms with E-state index >= 15 is 0 Å². The third-order valence-corrected chi connectivity index (χ3v) is 5.76. The smallest absolute Gasteiger partial charge is 0.272 e. The molecule has 0 aliphatic carbocycles. The van der Waals surface area contributed by atoms with E-state index in [9.17, 15) is 9.59 Å². The lowest BCUT2D eigenvalue weighted by Gasteiger charge is -2.33. The lowest BCUT2D eigenvalue weighted by atomic mass is 9.73. The number of carbonyl (C=O) groups excluding carboxylic acids is 2. The molecular formula is C21H23N3O3. The second kappa shape index (κ2) is 6.68. The van der Waals surface area contributed by atoms with Gasteiger partial charge in [0.15, 0.2) is 0 Å². The van der Waals surface area contributed by atoms with Crippen molar-refractivity contribution < 1.29 is 14.3 Å². The number of hydrogen-bond donors (Lipinski definition) is 1. The molecular weight excluding hydrogens is 342 g/mol. The van der Waals surface area contributed by atoms with Crippen molar-refractivity contribution in [3.8, 4) is 5.75 Å². The highest BCUT2D eigenvalue weighted by atomic mass is 16.5. The van der Waals surface area contributed by atoms with E-state index in [-0.39, 0.29) is 17.9 Å². The molecule has 140 valence electrons. The Morgan fingerprint density at radius 1 is 1.37 bits per heavy atom. The molecule has 2 aliphatic rings. The fourth-order valence-corrected chi connectivity index (χ4v) is 4.52. The van der Waals surface area contributed by atoms with Crippen molar-refractivity contribution in [3.05, 3.63) is 53.9 Å². The van der Waals surface area contributed by atoms with Crippen LogP contribution in [0.4, 0.5) is 5.69 Å². The van der Waals surface area contributed by atoms with Crippen molar-refractivity contribution in [2.45, 2.75) is 37.6 Å². The van der Waals surface area contributed by atoms with Crippen molar-refractivity contribution in [2.75, 3.05) is 19.0 Å². The molecule has 0 bridgehead atoms. The highest BCUT2D eigenvalue weighted by Crippen LogP contribution is 2.49. The molecule has 2 aromatic rings. The molecule has 2 amide bonds. The van der Waals surface area contributed by atoms with Crippen molar-refractivity contribution in [3.63, 3.8) is 0 Å². The Hall–Kier alpha value is -2.89. The molecule has 1 fully saturated rings. The number of ether oxygens (including phenoxy) is 1. The Morgan fingerprint density at radius 2 is 2.19 bits per heavy atom. The van der Waals surface area contributed by atoms with E-state index in [0.29, 0.717) is 24.4 Å². The third-order valence-electron chi connectivity index (χ3n) is 5.76. The molecule has 0 saturated carbocycles. The van der Waals surface area contributed by atoms with Gasteiger partial charge in [-0.1, -0.05) is 31.5 Å². The summed E-state index contributed by atoms with van der Waals surface area (Å²) in [6, 6.07) is 11.0. The van der Waals surface area contributed by atoms with E-state index in [1.165, 1.54) is 0 Å². The number of carbonyl (C=O) groups is 2. The molecule has 0 unspecified atom stereocenters. The van der Waals surface area contributed by atoms with Gasteiger partial charge in [0.1, 0.15) is 11.4 Å². The fourth-order valence-electron chi connectivity index (χ4n) is 4.52. The number of likely N-dealkylation sites (tertiary alicyclic amines) is 1. The molecule has 1 N–H and O–H groups in total. The molecule has 2 aliphatic heterocycles. The van der Waals surface area contributed by atoms with Gasteiger partial charge in [0.25, 0.3) is 5.91 Å². The van der Waals surface area contributed by atoms with Gasteiger partial charge in [-0.25, -0.2) is 0 Å². The molecule has 4 rings (SSSR count). The Bertz CT molecular complexity index is 898. The molecule has 1 aromatic heterocycles. The van der Waals surface area contributed by atoms with Gasteiger partial charge in [-0.2, -0.15) is 0 Å². The number of para-hydroxylation sites is 1. The van der Waals surface area contributed by atoms with Crippen LogP contribution in [0.3, 0.4) is 0 Å². The second-order valence-electron chi connectivity index (χ2n) is 7.10. The van der Waals surface area contributed by atoms with Crippen LogP contribution in [0, 0.1) is 0 Å². The molecule has 1 spiro atoms. The number of benzene rings is 1. The zero-order valence-corrected chi connectivity index (χ0v) is 15.6. The number of fused-ring (bicyclic) bond motifs is 2. The molecule has 3 heterocycles. The zero-order valence-electron chi connectivity index (χ0n) is 15.6. The predicted octanol–water partition coefficient (Wildman–Crippen LogP) is 2.99. The molecule has 1 saturated heterocycles. The summed E-state index contributed by atoms with van der Waals surface area (Å²) in [5.74, 6) is 0.440. The van der Waals surface area contributed by atoms with Crippen LogP contribution in [0.5, 0.6) is 5.75 Å². The summed E-state index contributed by atoms with van der Waals surface area (Å²) < 4.78 is 5.22. The van der Waals surface area contributed by atoms with Crippen LogP contribution in [0.2, 0.25) is 0 Å². The highest BCUT2D eigenvalue weighted by Gasteiger charge is 2.58. The standard InChI is InChI=1S/C21H23N3O3/c1-3-6-18-21(15-7-4-5-8-16(15)23-20(21)26)10-12-24(18)19(25)17-13-14(27-2)9-11-22-17/h4-5,7-9,11,13,18H,3,6,10,12H2,1-2H3,(H,23,26)/t18-,21-/m0/s1. The normalized spacial score (nSPS) is 23.4. The zero-order chi connectivity index (χ0) is 19.0. The Kier molecular flexibility index (Phi) is 4.34. The van der Waals surface area contributed by atoms with Gasteiger partial charge in [-0.05, 0) is 30.5 Å². The highest BCUT2D eigenvalue weighted by molar-refractivity contribution is 6.08. The number of pyridine rings is 1. The minimum Gasteiger partial charge on any atom is -0.497 e. The summed E-state index contributed by atoms with van der Waals surface area (Å²) in [5, 5.41) is 3.02. The maximum absolute atomic E-state index is 13.2. The lowest BCUT2D eigenvalue weighted by molar-refractivity contribution is -0.121. The number of nitrogens with zero attached hydrogens (tertiary/aromatic N) is 2. The number of methoxy groups -OCH3 is 1. The van der Waals surface area contributed by atoms with Crippen LogP contribution in [0.15, 0.2) is 42.6 Å². The van der Waals surface area contributed by atoms with Crippen molar-refractivity contribution in [1.82, 2.24) is 9.88 Å². The first-order chi connectivity index (χ1) is 13.1. The van der Waals surface area contributed by atoms with Gasteiger partial charge in [0, 0.05) is 24.5 Å². The Balaban J connectivity index is 1.74. The summed E-state index contributed by atoms with van der Waals surface area (Å²) in [7, 11) is 1.56. The van der Waals surface area contributed by atoms with Gasteiger partial charge in [0.05, 0.1) is 18.6 Å². The predicted molar refractivity (Wildman–Crippen MR) is 102 cm³/mol. The fraction of sp³-hybridized carbons (Fsp3) is 0.381. The first kappa shape index (κ1) is 17.5. The van der Waals surface area contributed by atoms with E-state index in [0.717, 1.165) is 24.1 Å². The Labute approximate surface area is 158 Å². The minimum absolute atomic E-state index is 0.00366. The number of aromatic nitrogens is 1. The number of anilines is 1. The van der Waals surface area contributed by atoms with Crippen molar-refractivity contribution >= 4 is 17.5 Å². The molecule has 0 radical (unpaired) electrons. The average molecular weight is 365 g/mol. The summed E-state index contributed by atoms with van der Waals surface area (Å²) >= 11 is 0. The van der Waals surface area contributed by atoms with Crippen LogP contribution >= 0.6 is 0 Å². The van der Waals surface area contributed by atoms with Crippen LogP contribution in [0.1, 0.15) is 42.2 Å². The lowest BCUT2D eigenvalue weighted by Crippen LogP contribution is -2.48. The van der Waals surface area contributed by atoms with Gasteiger partial charge in [-0.15, -0.1) is 0 Å². The second-order valence-corrected chi connectivity index (χ2v) is 7.10. The van der Waals surface area contributed by atoms with E-state index in [1.807, 2.05) is 29.2 Å². The van der Waals surface area contributed by atoms with Gasteiger partial charge >= 0.3 is 0 Å². The number of hydrogen-bond acceptors (Lipinski definition) is 4. The van der Waals surface area contributed by atoms with E-state index < -0.39 is 5.41 Å². The van der Waals surface area contributed by atoms with Crippen LogP contribution in [0.25, 0.3) is 0 Å². The average Bonchev–Trinajstić information content (AvgIpc) is 3.21. The van der Waals surface area contributed by atoms with Gasteiger partial charge in [0.2, 0.25) is 5.91 Å². The van der Waals surface area contributed by atoms with E-state index in [4.69, 9.17) is 4.74 Å². The maximum atomic E-state index is 13.2. The Morgan fingerprint density at radius 3 is 2.96 bits per heavy atom. The number of amides is 2. The summed E-state index contributed by atoms with van der Waals surface area (Å²) in [4.78, 5) is 32.4. The van der Waals surface area contributed by atoms with Crippen molar-refractivity contribution in [2.24, 2.45) is 0 Å². The largest absolute Gasteiger partial charge is 0.497 e. The monoisotopic (exact) mass is 365 g/mol. The molecule has 1 aromatic carbocycles. The quantitative estimate of drug-likeness (QED) is 0.904. The molecule has 2 atom stereocenters. The first-order valence-corrected chi connectivity index (χ1v) is 9.33. The number of rotatable bonds is 4. The summed E-state index contributed by atoms with van der Waals surface area (Å²) in [6.45, 7) is 2.61. The topological polar surface area (TPSA) is 71.5 Å². The van der Waals surface area contributed by atoms with Crippen LogP contribution < -0.4 is 10.1 Å².